The van der Waals surface area contributed by atoms with Crippen LogP contribution in [-0.2, 0) is 4.74 Å². The van der Waals surface area contributed by atoms with E-state index in [0.29, 0.717) is 16.1 Å². The van der Waals surface area contributed by atoms with Crippen LogP contribution in [0.5, 0.6) is 0 Å². The van der Waals surface area contributed by atoms with Crippen LogP contribution in [0.2, 0.25) is 0 Å². The SMILES string of the molecule is CC(CCC1CCCO1)NC(=O)c1ccc(F)cc1Br. The zero-order valence-corrected chi connectivity index (χ0v) is 13.1. The van der Waals surface area contributed by atoms with Crippen molar-refractivity contribution in [3.05, 3.63) is 34.1 Å². The van der Waals surface area contributed by atoms with Crippen molar-refractivity contribution in [3.8, 4) is 0 Å². The quantitative estimate of drug-likeness (QED) is 0.885. The van der Waals surface area contributed by atoms with Crippen LogP contribution in [0.1, 0.15) is 43.0 Å². The lowest BCUT2D eigenvalue weighted by Crippen LogP contribution is -2.33. The maximum absolute atomic E-state index is 13.0. The predicted octanol–water partition coefficient (Wildman–Crippen LogP) is 3.67. The molecule has 20 heavy (non-hydrogen) atoms. The highest BCUT2D eigenvalue weighted by Gasteiger charge is 2.18. The molecule has 1 fully saturated rings. The molecule has 0 bridgehead atoms. The van der Waals surface area contributed by atoms with Crippen molar-refractivity contribution in [2.24, 2.45) is 0 Å². The van der Waals surface area contributed by atoms with Crippen LogP contribution in [0.15, 0.2) is 22.7 Å². The summed E-state index contributed by atoms with van der Waals surface area (Å²) in [5.41, 5.74) is 0.454. The zero-order chi connectivity index (χ0) is 14.5. The molecule has 0 saturated carbocycles. The second kappa shape index (κ2) is 7.18. The molecule has 0 aromatic heterocycles. The predicted molar refractivity (Wildman–Crippen MR) is 79.2 cm³/mol. The summed E-state index contributed by atoms with van der Waals surface area (Å²) in [6, 6.07) is 4.15. The maximum atomic E-state index is 13.0. The molecule has 110 valence electrons. The van der Waals surface area contributed by atoms with E-state index in [1.54, 1.807) is 0 Å². The highest BCUT2D eigenvalue weighted by atomic mass is 79.9. The molecule has 2 atom stereocenters. The monoisotopic (exact) mass is 343 g/mol. The summed E-state index contributed by atoms with van der Waals surface area (Å²) in [6.07, 6.45) is 4.44. The fourth-order valence-electron chi connectivity index (χ4n) is 2.36. The number of halogens is 2. The van der Waals surface area contributed by atoms with Crippen molar-refractivity contribution in [3.63, 3.8) is 0 Å². The summed E-state index contributed by atoms with van der Waals surface area (Å²) in [5.74, 6) is -0.545. The number of amides is 1. The van der Waals surface area contributed by atoms with Gasteiger partial charge < -0.3 is 10.1 Å². The number of benzene rings is 1. The highest BCUT2D eigenvalue weighted by molar-refractivity contribution is 9.10. The van der Waals surface area contributed by atoms with E-state index in [1.165, 1.54) is 18.2 Å². The first kappa shape index (κ1) is 15.4. The Hall–Kier alpha value is -0.940. The van der Waals surface area contributed by atoms with Gasteiger partial charge in [-0.1, -0.05) is 0 Å². The lowest BCUT2D eigenvalue weighted by Gasteiger charge is -2.16. The Kier molecular flexibility index (Phi) is 5.54. The summed E-state index contributed by atoms with van der Waals surface area (Å²) in [5, 5.41) is 2.93. The van der Waals surface area contributed by atoms with Gasteiger partial charge in [-0.25, -0.2) is 4.39 Å². The molecule has 2 rings (SSSR count). The van der Waals surface area contributed by atoms with E-state index in [1.807, 2.05) is 6.92 Å². The summed E-state index contributed by atoms with van der Waals surface area (Å²) >= 11 is 3.21. The van der Waals surface area contributed by atoms with Crippen molar-refractivity contribution in [2.75, 3.05) is 6.61 Å². The van der Waals surface area contributed by atoms with E-state index >= 15 is 0 Å². The minimum atomic E-state index is -0.361. The molecule has 1 aromatic carbocycles. The van der Waals surface area contributed by atoms with Gasteiger partial charge in [0.05, 0.1) is 11.7 Å². The highest BCUT2D eigenvalue weighted by Crippen LogP contribution is 2.19. The van der Waals surface area contributed by atoms with Crippen LogP contribution >= 0.6 is 15.9 Å². The van der Waals surface area contributed by atoms with Gasteiger partial charge in [0.1, 0.15) is 5.82 Å². The second-order valence-electron chi connectivity index (χ2n) is 5.21. The lowest BCUT2D eigenvalue weighted by molar-refractivity contribution is 0.0898. The van der Waals surface area contributed by atoms with Crippen molar-refractivity contribution in [1.29, 1.82) is 0 Å². The lowest BCUT2D eigenvalue weighted by atomic mass is 10.1. The molecule has 5 heteroatoms. The number of rotatable bonds is 5. The minimum Gasteiger partial charge on any atom is -0.378 e. The Balaban J connectivity index is 1.83. The molecule has 0 aliphatic carbocycles. The summed E-state index contributed by atoms with van der Waals surface area (Å²) < 4.78 is 19.0. The third-order valence-corrected chi connectivity index (χ3v) is 4.15. The number of carbonyl (C=O) groups excluding carboxylic acids is 1. The van der Waals surface area contributed by atoms with E-state index in [-0.39, 0.29) is 17.8 Å². The number of carbonyl (C=O) groups is 1. The molecule has 0 spiro atoms. The molecule has 2 unspecified atom stereocenters. The fourth-order valence-corrected chi connectivity index (χ4v) is 2.89. The molecule has 3 nitrogen and oxygen atoms in total. The van der Waals surface area contributed by atoms with Gasteiger partial charge in [-0.2, -0.15) is 0 Å². The van der Waals surface area contributed by atoms with Gasteiger partial charge in [0.25, 0.3) is 5.91 Å². The van der Waals surface area contributed by atoms with Crippen molar-refractivity contribution < 1.29 is 13.9 Å². The summed E-state index contributed by atoms with van der Waals surface area (Å²) in [6.45, 7) is 2.83. The molecule has 1 N–H and O–H groups in total. The first-order chi connectivity index (χ1) is 9.56. The average molecular weight is 344 g/mol. The largest absolute Gasteiger partial charge is 0.378 e. The van der Waals surface area contributed by atoms with Crippen LogP contribution in [0.3, 0.4) is 0 Å². The third kappa shape index (κ3) is 4.28. The van der Waals surface area contributed by atoms with E-state index in [4.69, 9.17) is 4.74 Å². The smallest absolute Gasteiger partial charge is 0.252 e. The van der Waals surface area contributed by atoms with Crippen molar-refractivity contribution in [2.45, 2.75) is 44.8 Å². The number of hydrogen-bond donors (Lipinski definition) is 1. The van der Waals surface area contributed by atoms with Crippen molar-refractivity contribution in [1.82, 2.24) is 5.32 Å². The molecule has 1 aliphatic heterocycles. The Bertz CT molecular complexity index is 475. The molecule has 1 heterocycles. The van der Waals surface area contributed by atoms with Gasteiger partial charge in [0, 0.05) is 17.1 Å². The van der Waals surface area contributed by atoms with Gasteiger partial charge in [0.15, 0.2) is 0 Å². The van der Waals surface area contributed by atoms with Gasteiger partial charge in [0.2, 0.25) is 0 Å². The van der Waals surface area contributed by atoms with Crippen LogP contribution in [0, 0.1) is 5.82 Å². The van der Waals surface area contributed by atoms with E-state index < -0.39 is 0 Å². The van der Waals surface area contributed by atoms with Crippen LogP contribution < -0.4 is 5.32 Å². The Morgan fingerprint density at radius 3 is 3.05 bits per heavy atom. The first-order valence-electron chi connectivity index (χ1n) is 6.94. The Labute approximate surface area is 127 Å². The molecular formula is C15H19BrFNO2. The summed E-state index contributed by atoms with van der Waals surface area (Å²) in [7, 11) is 0. The van der Waals surface area contributed by atoms with Crippen LogP contribution in [-0.4, -0.2) is 24.7 Å². The zero-order valence-electron chi connectivity index (χ0n) is 11.5. The number of hydrogen-bond acceptors (Lipinski definition) is 2. The molecule has 0 radical (unpaired) electrons. The normalized spacial score (nSPS) is 19.9. The van der Waals surface area contributed by atoms with Crippen LogP contribution in [0.4, 0.5) is 4.39 Å². The van der Waals surface area contributed by atoms with Gasteiger partial charge >= 0.3 is 0 Å². The van der Waals surface area contributed by atoms with Crippen LogP contribution in [0.25, 0.3) is 0 Å². The molecule has 1 aromatic rings. The van der Waals surface area contributed by atoms with E-state index in [0.717, 1.165) is 32.3 Å². The number of nitrogens with one attached hydrogen (secondary N) is 1. The Morgan fingerprint density at radius 1 is 1.60 bits per heavy atom. The Morgan fingerprint density at radius 2 is 2.40 bits per heavy atom. The first-order valence-corrected chi connectivity index (χ1v) is 7.73. The molecule has 1 amide bonds. The fraction of sp³-hybridized carbons (Fsp3) is 0.533. The van der Waals surface area contributed by atoms with Gasteiger partial charge in [-0.3, -0.25) is 4.79 Å². The third-order valence-electron chi connectivity index (χ3n) is 3.50. The molecular weight excluding hydrogens is 325 g/mol. The minimum absolute atomic E-state index is 0.0728. The number of ether oxygens (including phenoxy) is 1. The molecule has 1 aliphatic rings. The van der Waals surface area contributed by atoms with Gasteiger partial charge in [-0.15, -0.1) is 0 Å². The maximum Gasteiger partial charge on any atom is 0.252 e. The van der Waals surface area contributed by atoms with Gasteiger partial charge in [-0.05, 0) is 66.7 Å². The second-order valence-corrected chi connectivity index (χ2v) is 6.07. The molecule has 1 saturated heterocycles. The summed E-state index contributed by atoms with van der Waals surface area (Å²) in [4.78, 5) is 12.1. The average Bonchev–Trinajstić information content (AvgIpc) is 2.89. The standard InChI is InChI=1S/C15H19BrFNO2/c1-10(4-6-12-3-2-8-20-12)18-15(19)13-7-5-11(17)9-14(13)16/h5,7,9-10,12H,2-4,6,8H2,1H3,(H,18,19). The van der Waals surface area contributed by atoms with E-state index in [9.17, 15) is 9.18 Å². The topological polar surface area (TPSA) is 38.3 Å². The van der Waals surface area contributed by atoms with Crippen molar-refractivity contribution >= 4 is 21.8 Å². The van der Waals surface area contributed by atoms with E-state index in [2.05, 4.69) is 21.2 Å².